The van der Waals surface area contributed by atoms with Crippen molar-refractivity contribution in [1.29, 1.82) is 0 Å². The molecule has 0 unspecified atom stereocenters. The third-order valence-electron chi connectivity index (χ3n) is 15.0. The van der Waals surface area contributed by atoms with Crippen molar-refractivity contribution in [3.05, 3.63) is 30.4 Å². The molecule has 0 bridgehead atoms. The number of allylic oxidation sites excluding steroid dienone is 1. The van der Waals surface area contributed by atoms with E-state index in [1.807, 2.05) is 20.8 Å². The van der Waals surface area contributed by atoms with Crippen molar-refractivity contribution in [2.75, 3.05) is 47.6 Å². The number of rotatable bonds is 12. The molecule has 20 heteroatoms. The zero-order valence-electron chi connectivity index (χ0n) is 44.5. The molecule has 20 nitrogen and oxygen atoms in total. The Labute approximate surface area is 418 Å². The fraction of sp³-hybridized carbons (Fsp3) is 0.784. The van der Waals surface area contributed by atoms with Crippen molar-refractivity contribution in [2.45, 2.75) is 187 Å². The summed E-state index contributed by atoms with van der Waals surface area (Å²) in [5, 5.41) is 0. The Kier molecular flexibility index (Phi) is 19.6. The molecule has 1 aromatic heterocycles. The molecule has 400 valence electrons. The number of amides is 2. The molecule has 1 aromatic rings. The SMILES string of the molecule is CC[C@H]1OC(=O)[C@H](C)[C@@H](O[C@H]2C[C@@](C)(OC)[C@@H](OC(C)=O)[C@H](C)O2)[C@H](C)[C@@H](O[C@@H]2O[C@H](C)C[C@H](N(C)C(=O)N3CCOCC3)[C@H]2CC(C)=O)[C@](C)(OC)C[C@@H](C)C(=O)/C(C)=C/[C@]1(C)OC(=O)n1ccnc1. The Balaban J connectivity index is 1.66. The van der Waals surface area contributed by atoms with Gasteiger partial charge in [0, 0.05) is 90.3 Å². The number of urea groups is 1. The van der Waals surface area contributed by atoms with Gasteiger partial charge in [-0.1, -0.05) is 20.8 Å². The number of hydrogen-bond acceptors (Lipinski definition) is 17. The van der Waals surface area contributed by atoms with E-state index in [4.69, 9.17) is 47.4 Å². The molecule has 0 aliphatic carbocycles. The van der Waals surface area contributed by atoms with Crippen molar-refractivity contribution in [2.24, 2.45) is 23.7 Å². The van der Waals surface area contributed by atoms with E-state index in [1.165, 1.54) is 52.9 Å². The van der Waals surface area contributed by atoms with Crippen LogP contribution in [0, 0.1) is 23.7 Å². The summed E-state index contributed by atoms with van der Waals surface area (Å²) >= 11 is 0. The number of aromatic nitrogens is 2. The quantitative estimate of drug-likeness (QED) is 0.176. The van der Waals surface area contributed by atoms with Crippen LogP contribution in [0.2, 0.25) is 0 Å². The van der Waals surface area contributed by atoms with Gasteiger partial charge in [0.2, 0.25) is 0 Å². The molecule has 2 amide bonds. The fourth-order valence-corrected chi connectivity index (χ4v) is 11.0. The number of Topliss-reactive ketones (excluding diaryl/α,β-unsaturated/α-hetero) is 2. The molecular formula is C51H80N4O16. The molecule has 0 radical (unpaired) electrons. The maximum atomic E-state index is 15.0. The zero-order chi connectivity index (χ0) is 52.7. The van der Waals surface area contributed by atoms with Crippen molar-refractivity contribution >= 4 is 35.6 Å². The number of esters is 2. The molecular weight excluding hydrogens is 925 g/mol. The van der Waals surface area contributed by atoms with Crippen LogP contribution in [0.25, 0.3) is 0 Å². The van der Waals surface area contributed by atoms with E-state index in [1.54, 1.807) is 65.3 Å². The molecule has 16 atom stereocenters. The number of nitrogens with zero attached hydrogens (tertiary/aromatic N) is 4. The summed E-state index contributed by atoms with van der Waals surface area (Å²) in [7, 11) is 4.75. The second-order valence-electron chi connectivity index (χ2n) is 20.7. The minimum absolute atomic E-state index is 0.00458. The van der Waals surface area contributed by atoms with E-state index in [-0.39, 0.29) is 48.9 Å². The number of carbonyl (C=O) groups excluding carboxylic acids is 6. The third kappa shape index (κ3) is 13.5. The molecule has 5 heterocycles. The molecule has 3 saturated heterocycles. The van der Waals surface area contributed by atoms with Crippen molar-refractivity contribution in [3.8, 4) is 0 Å². The van der Waals surface area contributed by atoms with Crippen molar-refractivity contribution in [3.63, 3.8) is 0 Å². The van der Waals surface area contributed by atoms with Gasteiger partial charge in [0.15, 0.2) is 30.1 Å². The highest BCUT2D eigenvalue weighted by atomic mass is 16.7. The minimum atomic E-state index is -1.66. The molecule has 0 N–H and O–H groups in total. The Morgan fingerprint density at radius 1 is 0.915 bits per heavy atom. The average Bonchev–Trinajstić information content (AvgIpc) is 3.88. The van der Waals surface area contributed by atoms with Gasteiger partial charge in [-0.25, -0.2) is 19.1 Å². The van der Waals surface area contributed by atoms with Crippen LogP contribution in [0.4, 0.5) is 9.59 Å². The van der Waals surface area contributed by atoms with Crippen molar-refractivity contribution < 1.29 is 76.1 Å². The standard InChI is InChI=1S/C51H80N4O16/c1-16-39-49(10,71-48(61)55-18-17-52-28-55)25-29(2)41(58)30(3)26-50(11,62-14)43(70-46-37(23-31(4)56)38(24-32(5)65-46)53(13)47(60)54-19-21-64-22-20-54)33(6)42(34(7)45(59)68-39)69-40-27-51(12,63-15)44(35(8)66-40)67-36(9)57/h17-18,25,28,30,32-35,37-40,42-44,46H,16,19-24,26-27H2,1-15H3/b29-25+/t30-,32-,33+,34-,35+,37-,38+,39-,40+,42+,43-,44+,46+,49+,50-,51-/m1/s1. The van der Waals surface area contributed by atoms with Gasteiger partial charge in [-0.15, -0.1) is 0 Å². The van der Waals surface area contributed by atoms with Crippen LogP contribution in [-0.2, 0) is 66.5 Å². The topological polar surface area (TPSA) is 219 Å². The summed E-state index contributed by atoms with van der Waals surface area (Å²) in [6.45, 7) is 21.9. The van der Waals surface area contributed by atoms with Gasteiger partial charge in [0.05, 0.1) is 49.1 Å². The lowest BCUT2D eigenvalue weighted by Crippen LogP contribution is -2.61. The van der Waals surface area contributed by atoms with Gasteiger partial charge in [-0.2, -0.15) is 0 Å². The Bertz CT molecular complexity index is 2050. The molecule has 5 rings (SSSR count). The predicted octanol–water partition coefficient (Wildman–Crippen LogP) is 5.91. The van der Waals surface area contributed by atoms with E-state index < -0.39 is 114 Å². The summed E-state index contributed by atoms with van der Waals surface area (Å²) < 4.78 is 64.8. The van der Waals surface area contributed by atoms with Gasteiger partial charge in [-0.3, -0.25) is 14.4 Å². The van der Waals surface area contributed by atoms with Crippen LogP contribution >= 0.6 is 0 Å². The summed E-state index contributed by atoms with van der Waals surface area (Å²) in [6.07, 6.45) is -1.88. The van der Waals surface area contributed by atoms with E-state index in [2.05, 4.69) is 4.98 Å². The highest BCUT2D eigenvalue weighted by Crippen LogP contribution is 2.43. The highest BCUT2D eigenvalue weighted by molar-refractivity contribution is 5.96. The first kappa shape index (κ1) is 57.6. The van der Waals surface area contributed by atoms with Gasteiger partial charge in [-0.05, 0) is 86.3 Å². The molecule has 0 spiro atoms. The minimum Gasteiger partial charge on any atom is -0.457 e. The average molecular weight is 1010 g/mol. The maximum Gasteiger partial charge on any atom is 0.420 e. The molecule has 0 aromatic carbocycles. The third-order valence-corrected chi connectivity index (χ3v) is 15.0. The summed E-state index contributed by atoms with van der Waals surface area (Å²) in [5.74, 6) is -5.02. The first-order valence-electron chi connectivity index (χ1n) is 24.9. The molecule has 4 aliphatic rings. The van der Waals surface area contributed by atoms with E-state index in [0.29, 0.717) is 32.7 Å². The fourth-order valence-electron chi connectivity index (χ4n) is 11.0. The second-order valence-corrected chi connectivity index (χ2v) is 20.7. The lowest BCUT2D eigenvalue weighted by molar-refractivity contribution is -0.315. The smallest absolute Gasteiger partial charge is 0.420 e. The molecule has 4 aliphatic heterocycles. The number of carbonyl (C=O) groups is 6. The Morgan fingerprint density at radius 3 is 2.14 bits per heavy atom. The van der Waals surface area contributed by atoms with Crippen LogP contribution in [0.3, 0.4) is 0 Å². The molecule has 0 saturated carbocycles. The number of morpholine rings is 1. The number of ketones is 2. The van der Waals surface area contributed by atoms with Gasteiger partial charge in [0.25, 0.3) is 0 Å². The highest BCUT2D eigenvalue weighted by Gasteiger charge is 2.54. The van der Waals surface area contributed by atoms with Crippen LogP contribution in [0.5, 0.6) is 0 Å². The number of cyclic esters (lactones) is 1. The molecule has 71 heavy (non-hydrogen) atoms. The van der Waals surface area contributed by atoms with Crippen LogP contribution in [-0.4, -0.2) is 175 Å². The number of methoxy groups -OCH3 is 2. The predicted molar refractivity (Wildman–Crippen MR) is 256 cm³/mol. The zero-order valence-corrected chi connectivity index (χ0v) is 44.5. The largest absolute Gasteiger partial charge is 0.457 e. The van der Waals surface area contributed by atoms with Crippen LogP contribution < -0.4 is 0 Å². The van der Waals surface area contributed by atoms with E-state index >= 15 is 0 Å². The first-order valence-corrected chi connectivity index (χ1v) is 24.9. The van der Waals surface area contributed by atoms with Crippen LogP contribution in [0.15, 0.2) is 30.4 Å². The normalized spacial score (nSPS) is 38.5. The first-order chi connectivity index (χ1) is 33.3. The number of imidazole rings is 1. The monoisotopic (exact) mass is 1000 g/mol. The number of ether oxygens (including phenoxy) is 10. The molecule has 3 fully saturated rings. The second kappa shape index (κ2) is 24.2. The van der Waals surface area contributed by atoms with Gasteiger partial charge < -0.3 is 62.0 Å². The summed E-state index contributed by atoms with van der Waals surface area (Å²) in [5.41, 5.74) is -3.86. The lowest BCUT2D eigenvalue weighted by Gasteiger charge is -2.51. The maximum absolute atomic E-state index is 15.0. The van der Waals surface area contributed by atoms with E-state index in [9.17, 15) is 28.8 Å². The lowest BCUT2D eigenvalue weighted by atomic mass is 9.76. The number of hydrogen-bond donors (Lipinski definition) is 0. The van der Waals surface area contributed by atoms with Gasteiger partial charge >= 0.3 is 24.1 Å². The van der Waals surface area contributed by atoms with E-state index in [0.717, 1.165) is 4.57 Å². The van der Waals surface area contributed by atoms with Crippen LogP contribution in [0.1, 0.15) is 115 Å². The van der Waals surface area contributed by atoms with Crippen molar-refractivity contribution in [1.82, 2.24) is 19.4 Å². The Morgan fingerprint density at radius 2 is 1.56 bits per heavy atom. The summed E-state index contributed by atoms with van der Waals surface area (Å²) in [4.78, 5) is 90.2. The summed E-state index contributed by atoms with van der Waals surface area (Å²) in [6, 6.07) is -0.708. The van der Waals surface area contributed by atoms with Gasteiger partial charge in [0.1, 0.15) is 23.8 Å². The Hall–Kier alpha value is -4.31.